The lowest BCUT2D eigenvalue weighted by Crippen LogP contribution is -2.00. The molecule has 0 unspecified atom stereocenters. The van der Waals surface area contributed by atoms with Gasteiger partial charge in [-0.05, 0) is 13.3 Å². The Hall–Kier alpha value is -0.880. The van der Waals surface area contributed by atoms with Crippen molar-refractivity contribution < 1.29 is 14.2 Å². The predicted octanol–water partition coefficient (Wildman–Crippen LogP) is 1.77. The first-order valence-corrected chi connectivity index (χ1v) is 4.73. The summed E-state index contributed by atoms with van der Waals surface area (Å²) in [6, 6.07) is 0. The van der Waals surface area contributed by atoms with Crippen LogP contribution in [-0.4, -0.2) is 26.4 Å². The first-order valence-electron chi connectivity index (χ1n) is 4.73. The Bertz CT molecular complexity index is 146. The summed E-state index contributed by atoms with van der Waals surface area (Å²) < 4.78 is 14.9. The minimum Gasteiger partial charge on any atom is -0.444 e. The summed E-state index contributed by atoms with van der Waals surface area (Å²) in [5.74, 6) is 0. The minimum absolute atomic E-state index is 0.498. The lowest BCUT2D eigenvalue weighted by atomic mass is 10.4. The molecular formula is C10H18O3. The van der Waals surface area contributed by atoms with E-state index >= 15 is 0 Å². The molecule has 0 atom stereocenters. The maximum atomic E-state index is 5.05. The maximum Gasteiger partial charge on any atom is 0.155 e. The highest BCUT2D eigenvalue weighted by Gasteiger charge is 1.83. The summed E-state index contributed by atoms with van der Waals surface area (Å²) in [6.07, 6.45) is 7.07. The van der Waals surface area contributed by atoms with Gasteiger partial charge in [0.05, 0.1) is 6.61 Å². The van der Waals surface area contributed by atoms with Crippen molar-refractivity contribution in [3.63, 3.8) is 0 Å². The topological polar surface area (TPSA) is 27.7 Å². The Morgan fingerprint density at radius 1 is 0.923 bits per heavy atom. The van der Waals surface area contributed by atoms with Gasteiger partial charge in [0, 0.05) is 6.61 Å². The standard InChI is InChI=1S/C10H18O3/c1-3-5-6-12-9-10-13-8-7-11-4-2/h3-8H2,1-2H3. The number of rotatable bonds is 7. The number of hydrogen-bond acceptors (Lipinski definition) is 3. The summed E-state index contributed by atoms with van der Waals surface area (Å²) in [5, 5.41) is 0. The molecule has 0 spiro atoms. The van der Waals surface area contributed by atoms with E-state index < -0.39 is 0 Å². The highest BCUT2D eigenvalue weighted by atomic mass is 16.5. The zero-order valence-corrected chi connectivity index (χ0v) is 8.47. The molecule has 0 aliphatic heterocycles. The monoisotopic (exact) mass is 186 g/mol. The molecule has 0 aromatic rings. The van der Waals surface area contributed by atoms with E-state index in [0.717, 1.165) is 12.8 Å². The van der Waals surface area contributed by atoms with Crippen molar-refractivity contribution in [3.8, 4) is 12.2 Å². The molecule has 13 heavy (non-hydrogen) atoms. The van der Waals surface area contributed by atoms with Crippen LogP contribution in [0.15, 0.2) is 0 Å². The summed E-state index contributed by atoms with van der Waals surface area (Å²) >= 11 is 0. The third-order valence-electron chi connectivity index (χ3n) is 1.32. The van der Waals surface area contributed by atoms with Crippen molar-refractivity contribution in [1.82, 2.24) is 0 Å². The number of unbranched alkanes of at least 4 members (excludes halogenated alkanes) is 1. The summed E-state index contributed by atoms with van der Waals surface area (Å²) in [5.41, 5.74) is 0. The second-order valence-electron chi connectivity index (χ2n) is 2.45. The number of hydrogen-bond donors (Lipinski definition) is 0. The molecule has 0 saturated carbocycles. The van der Waals surface area contributed by atoms with E-state index in [9.17, 15) is 0 Å². The SMILES string of the molecule is CCCCOC#COCCOCC. The molecule has 0 fully saturated rings. The Balaban J connectivity index is 3.02. The fourth-order valence-electron chi connectivity index (χ4n) is 0.622. The molecule has 3 nitrogen and oxygen atoms in total. The molecule has 0 aliphatic carbocycles. The second kappa shape index (κ2) is 11.1. The van der Waals surface area contributed by atoms with Crippen LogP contribution >= 0.6 is 0 Å². The van der Waals surface area contributed by atoms with Crippen molar-refractivity contribution in [2.24, 2.45) is 0 Å². The van der Waals surface area contributed by atoms with Gasteiger partial charge in [0.25, 0.3) is 0 Å². The minimum atomic E-state index is 0.498. The molecule has 0 radical (unpaired) electrons. The quantitative estimate of drug-likeness (QED) is 0.448. The molecule has 0 aliphatic rings. The van der Waals surface area contributed by atoms with Gasteiger partial charge in [0.15, 0.2) is 12.2 Å². The lowest BCUT2D eigenvalue weighted by Gasteiger charge is -1.97. The molecule has 0 aromatic carbocycles. The van der Waals surface area contributed by atoms with Gasteiger partial charge in [-0.15, -0.1) is 0 Å². The maximum absolute atomic E-state index is 5.05. The smallest absolute Gasteiger partial charge is 0.155 e. The van der Waals surface area contributed by atoms with Crippen molar-refractivity contribution in [1.29, 1.82) is 0 Å². The Kier molecular flexibility index (Phi) is 10.4. The van der Waals surface area contributed by atoms with E-state index in [2.05, 4.69) is 19.1 Å². The van der Waals surface area contributed by atoms with Crippen LogP contribution in [0.4, 0.5) is 0 Å². The zero-order valence-electron chi connectivity index (χ0n) is 8.47. The van der Waals surface area contributed by atoms with Crippen LogP contribution in [-0.2, 0) is 14.2 Å². The first-order chi connectivity index (χ1) is 6.41. The second-order valence-corrected chi connectivity index (χ2v) is 2.45. The molecule has 0 heterocycles. The Morgan fingerprint density at radius 2 is 1.62 bits per heavy atom. The van der Waals surface area contributed by atoms with Gasteiger partial charge in [0.1, 0.15) is 13.2 Å². The molecular weight excluding hydrogens is 168 g/mol. The molecule has 0 bridgehead atoms. The van der Waals surface area contributed by atoms with Crippen LogP contribution in [0.25, 0.3) is 0 Å². The highest BCUT2D eigenvalue weighted by Crippen LogP contribution is 1.85. The zero-order chi connectivity index (χ0) is 9.78. The molecule has 0 N–H and O–H groups in total. The summed E-state index contributed by atoms with van der Waals surface area (Å²) in [7, 11) is 0. The van der Waals surface area contributed by atoms with Gasteiger partial charge < -0.3 is 14.2 Å². The van der Waals surface area contributed by atoms with E-state index in [1.165, 1.54) is 0 Å². The molecule has 76 valence electrons. The summed E-state index contributed by atoms with van der Waals surface area (Å²) in [6.45, 7) is 6.52. The van der Waals surface area contributed by atoms with E-state index in [0.29, 0.717) is 26.4 Å². The third kappa shape index (κ3) is 11.1. The molecule has 3 heteroatoms. The highest BCUT2D eigenvalue weighted by molar-refractivity contribution is 4.80. The third-order valence-corrected chi connectivity index (χ3v) is 1.32. The van der Waals surface area contributed by atoms with Crippen LogP contribution < -0.4 is 0 Å². The van der Waals surface area contributed by atoms with Gasteiger partial charge in [-0.2, -0.15) is 0 Å². The largest absolute Gasteiger partial charge is 0.444 e. The van der Waals surface area contributed by atoms with E-state index in [1.54, 1.807) is 0 Å². The van der Waals surface area contributed by atoms with Gasteiger partial charge in [0.2, 0.25) is 0 Å². The fourth-order valence-corrected chi connectivity index (χ4v) is 0.622. The number of ether oxygens (including phenoxy) is 3. The van der Waals surface area contributed by atoms with E-state index in [1.807, 2.05) is 6.92 Å². The van der Waals surface area contributed by atoms with E-state index in [-0.39, 0.29) is 0 Å². The molecule has 0 amide bonds. The Morgan fingerprint density at radius 3 is 2.23 bits per heavy atom. The Labute approximate surface area is 80.4 Å². The van der Waals surface area contributed by atoms with Crippen LogP contribution in [0, 0.1) is 12.2 Å². The lowest BCUT2D eigenvalue weighted by molar-refractivity contribution is 0.0989. The van der Waals surface area contributed by atoms with Crippen molar-refractivity contribution in [2.45, 2.75) is 26.7 Å². The normalized spacial score (nSPS) is 8.77. The van der Waals surface area contributed by atoms with Gasteiger partial charge in [-0.25, -0.2) is 0 Å². The average molecular weight is 186 g/mol. The van der Waals surface area contributed by atoms with Gasteiger partial charge in [-0.3, -0.25) is 0 Å². The average Bonchev–Trinajstić information content (AvgIpc) is 2.16. The first kappa shape index (κ1) is 12.1. The van der Waals surface area contributed by atoms with Crippen LogP contribution in [0.2, 0.25) is 0 Å². The van der Waals surface area contributed by atoms with E-state index in [4.69, 9.17) is 14.2 Å². The molecule has 0 aromatic heterocycles. The summed E-state index contributed by atoms with van der Waals surface area (Å²) in [4.78, 5) is 0. The van der Waals surface area contributed by atoms with Gasteiger partial charge >= 0.3 is 0 Å². The van der Waals surface area contributed by atoms with Crippen LogP contribution in [0.5, 0.6) is 0 Å². The predicted molar refractivity (Wildman–Crippen MR) is 51.1 cm³/mol. The van der Waals surface area contributed by atoms with Crippen molar-refractivity contribution in [2.75, 3.05) is 26.4 Å². The molecule has 0 rings (SSSR count). The van der Waals surface area contributed by atoms with Crippen molar-refractivity contribution >= 4 is 0 Å². The van der Waals surface area contributed by atoms with Crippen LogP contribution in [0.1, 0.15) is 26.7 Å². The van der Waals surface area contributed by atoms with Gasteiger partial charge in [-0.1, -0.05) is 13.3 Å². The van der Waals surface area contributed by atoms with Crippen molar-refractivity contribution in [3.05, 3.63) is 0 Å². The van der Waals surface area contributed by atoms with Crippen LogP contribution in [0.3, 0.4) is 0 Å². The fraction of sp³-hybridized carbons (Fsp3) is 0.800. The molecule has 0 saturated heterocycles.